The van der Waals surface area contributed by atoms with E-state index in [0.717, 1.165) is 0 Å². The number of oxazole rings is 1. The molecule has 1 aromatic heterocycles. The number of esters is 2. The van der Waals surface area contributed by atoms with Crippen LogP contribution in [-0.4, -0.2) is 43.3 Å². The molecular weight excluding hydrogens is 454 g/mol. The average Bonchev–Trinajstić information content (AvgIpc) is 3.29. The Morgan fingerprint density at radius 2 is 1.86 bits per heavy atom. The number of aromatic nitrogens is 1. The molecule has 182 valence electrons. The number of benzene rings is 2. The van der Waals surface area contributed by atoms with Crippen LogP contribution in [0.3, 0.4) is 0 Å². The summed E-state index contributed by atoms with van der Waals surface area (Å²) < 4.78 is 21.4. The maximum absolute atomic E-state index is 12.8. The molecule has 35 heavy (non-hydrogen) atoms. The molecule has 10 heteroatoms. The van der Waals surface area contributed by atoms with Gasteiger partial charge in [-0.15, -0.1) is 0 Å². The van der Waals surface area contributed by atoms with Crippen molar-refractivity contribution in [1.29, 1.82) is 0 Å². The summed E-state index contributed by atoms with van der Waals surface area (Å²) in [5.41, 5.74) is 2.30. The van der Waals surface area contributed by atoms with Gasteiger partial charge in [0.2, 0.25) is 0 Å². The highest BCUT2D eigenvalue weighted by Gasteiger charge is 2.34. The number of carbonyl (C=O) groups is 3. The number of carbonyl (C=O) groups excluding carboxylic acids is 3. The van der Waals surface area contributed by atoms with Crippen LogP contribution in [0.1, 0.15) is 30.8 Å². The zero-order chi connectivity index (χ0) is 24.8. The molecule has 1 aliphatic heterocycles. The van der Waals surface area contributed by atoms with Crippen LogP contribution in [0.15, 0.2) is 64.2 Å². The first-order valence-electron chi connectivity index (χ1n) is 11.1. The van der Waals surface area contributed by atoms with Crippen LogP contribution in [0.5, 0.6) is 5.75 Å². The normalized spacial score (nSPS) is 15.4. The molecule has 0 saturated carbocycles. The molecular formula is C25H25N3O7. The Balaban J connectivity index is 1.48. The predicted octanol–water partition coefficient (Wildman–Crippen LogP) is 3.18. The van der Waals surface area contributed by atoms with E-state index < -0.39 is 24.0 Å². The molecule has 1 atom stereocenters. The van der Waals surface area contributed by atoms with E-state index in [9.17, 15) is 14.4 Å². The van der Waals surface area contributed by atoms with E-state index in [0.29, 0.717) is 28.3 Å². The molecule has 0 fully saturated rings. The van der Waals surface area contributed by atoms with E-state index in [1.807, 2.05) is 18.2 Å². The molecule has 10 nitrogen and oxygen atoms in total. The van der Waals surface area contributed by atoms with Crippen LogP contribution in [-0.2, 0) is 25.5 Å². The summed E-state index contributed by atoms with van der Waals surface area (Å²) in [4.78, 5) is 41.9. The van der Waals surface area contributed by atoms with Crippen molar-refractivity contribution >= 4 is 29.1 Å². The summed E-state index contributed by atoms with van der Waals surface area (Å²) >= 11 is 0. The molecule has 3 aromatic rings. The lowest BCUT2D eigenvalue weighted by Gasteiger charge is -2.29. The largest absolute Gasteiger partial charge is 0.497 e. The number of nitrogens with one attached hydrogen (secondary N) is 2. The van der Waals surface area contributed by atoms with E-state index in [-0.39, 0.29) is 37.3 Å². The number of ether oxygens (including phenoxy) is 3. The van der Waals surface area contributed by atoms with Crippen LogP contribution in [0.4, 0.5) is 4.79 Å². The average molecular weight is 479 g/mol. The molecule has 1 aliphatic rings. The highest BCUT2D eigenvalue weighted by molar-refractivity contribution is 5.95. The molecule has 0 spiro atoms. The lowest BCUT2D eigenvalue weighted by Crippen LogP contribution is -2.47. The topological polar surface area (TPSA) is 129 Å². The summed E-state index contributed by atoms with van der Waals surface area (Å²) in [6, 6.07) is 12.9. The van der Waals surface area contributed by atoms with Crippen molar-refractivity contribution in [2.75, 3.05) is 20.3 Å². The van der Waals surface area contributed by atoms with Gasteiger partial charge >= 0.3 is 18.0 Å². The Morgan fingerprint density at radius 3 is 2.57 bits per heavy atom. The third-order valence-electron chi connectivity index (χ3n) is 5.36. The standard InChI is InChI=1S/C25H25N3O7/c1-3-33-24(30)22-18(27-25(31)28-23(22)15-8-10-16(32-2)11-9-15)14-34-21(29)13-12-20-26-17-6-4-5-7-19(17)35-20/h4-11,23H,3,12-14H2,1-2H3,(H2,27,28,31)/t23-/m0/s1. The molecule has 2 heterocycles. The molecule has 2 aromatic carbocycles. The highest BCUT2D eigenvalue weighted by Crippen LogP contribution is 2.29. The van der Waals surface area contributed by atoms with Gasteiger partial charge in [0.05, 0.1) is 37.4 Å². The van der Waals surface area contributed by atoms with Crippen LogP contribution >= 0.6 is 0 Å². The minimum Gasteiger partial charge on any atom is -0.497 e. The Morgan fingerprint density at radius 1 is 1.09 bits per heavy atom. The lowest BCUT2D eigenvalue weighted by atomic mass is 9.95. The second kappa shape index (κ2) is 10.7. The Kier molecular flexibility index (Phi) is 7.30. The number of aryl methyl sites for hydroxylation is 1. The Labute approximate surface area is 201 Å². The summed E-state index contributed by atoms with van der Waals surface area (Å²) in [7, 11) is 1.54. The third-order valence-corrected chi connectivity index (χ3v) is 5.36. The van der Waals surface area contributed by atoms with Gasteiger partial charge in [-0.1, -0.05) is 24.3 Å². The van der Waals surface area contributed by atoms with E-state index >= 15 is 0 Å². The Bertz CT molecular complexity index is 1230. The molecule has 0 bridgehead atoms. The molecule has 0 aliphatic carbocycles. The fraction of sp³-hybridized carbons (Fsp3) is 0.280. The zero-order valence-corrected chi connectivity index (χ0v) is 19.3. The summed E-state index contributed by atoms with van der Waals surface area (Å²) in [6.45, 7) is 1.52. The van der Waals surface area contributed by atoms with Gasteiger partial charge in [0, 0.05) is 6.42 Å². The van der Waals surface area contributed by atoms with E-state index in [1.165, 1.54) is 0 Å². The molecule has 0 radical (unpaired) electrons. The number of urea groups is 1. The first kappa shape index (κ1) is 23.8. The number of amides is 2. The predicted molar refractivity (Wildman–Crippen MR) is 124 cm³/mol. The first-order valence-corrected chi connectivity index (χ1v) is 11.1. The second-order valence-corrected chi connectivity index (χ2v) is 7.65. The minimum absolute atomic E-state index is 0.0168. The van der Waals surface area contributed by atoms with Crippen molar-refractivity contribution in [2.24, 2.45) is 0 Å². The molecule has 0 saturated heterocycles. The minimum atomic E-state index is -0.790. The van der Waals surface area contributed by atoms with Gasteiger partial charge in [-0.2, -0.15) is 0 Å². The van der Waals surface area contributed by atoms with Crippen molar-refractivity contribution < 1.29 is 33.0 Å². The van der Waals surface area contributed by atoms with Crippen molar-refractivity contribution in [3.05, 3.63) is 71.3 Å². The van der Waals surface area contributed by atoms with Crippen molar-refractivity contribution in [3.8, 4) is 5.75 Å². The van der Waals surface area contributed by atoms with E-state index in [4.69, 9.17) is 18.6 Å². The first-order chi connectivity index (χ1) is 17.0. The number of rotatable bonds is 9. The number of hydrogen-bond acceptors (Lipinski definition) is 8. The molecule has 4 rings (SSSR count). The number of methoxy groups -OCH3 is 1. The number of para-hydroxylation sites is 2. The van der Waals surface area contributed by atoms with Crippen molar-refractivity contribution in [3.63, 3.8) is 0 Å². The van der Waals surface area contributed by atoms with Crippen LogP contribution in [0, 0.1) is 0 Å². The number of fused-ring (bicyclic) bond motifs is 1. The van der Waals surface area contributed by atoms with Gasteiger partial charge in [-0.3, -0.25) is 4.79 Å². The fourth-order valence-corrected chi connectivity index (χ4v) is 3.69. The smallest absolute Gasteiger partial charge is 0.338 e. The van der Waals surface area contributed by atoms with Crippen LogP contribution < -0.4 is 15.4 Å². The van der Waals surface area contributed by atoms with Gasteiger partial charge in [0.25, 0.3) is 0 Å². The second-order valence-electron chi connectivity index (χ2n) is 7.65. The highest BCUT2D eigenvalue weighted by atomic mass is 16.5. The van der Waals surface area contributed by atoms with Crippen molar-refractivity contribution in [2.45, 2.75) is 25.8 Å². The van der Waals surface area contributed by atoms with Crippen LogP contribution in [0.25, 0.3) is 11.1 Å². The van der Waals surface area contributed by atoms with Gasteiger partial charge in [-0.25, -0.2) is 14.6 Å². The monoisotopic (exact) mass is 479 g/mol. The van der Waals surface area contributed by atoms with Gasteiger partial charge < -0.3 is 29.3 Å². The van der Waals surface area contributed by atoms with Gasteiger partial charge in [0.15, 0.2) is 11.5 Å². The van der Waals surface area contributed by atoms with Gasteiger partial charge in [0.1, 0.15) is 17.9 Å². The molecule has 2 amide bonds. The summed E-state index contributed by atoms with van der Waals surface area (Å²) in [5, 5.41) is 5.30. The lowest BCUT2D eigenvalue weighted by molar-refractivity contribution is -0.143. The third kappa shape index (κ3) is 5.60. The maximum atomic E-state index is 12.8. The molecule has 0 unspecified atom stereocenters. The van der Waals surface area contributed by atoms with Crippen molar-refractivity contribution in [1.82, 2.24) is 15.6 Å². The summed E-state index contributed by atoms with van der Waals surface area (Å²) in [6.07, 6.45) is 0.266. The fourth-order valence-electron chi connectivity index (χ4n) is 3.69. The number of hydrogen-bond donors (Lipinski definition) is 2. The summed E-state index contributed by atoms with van der Waals surface area (Å²) in [5.74, 6) is -0.108. The van der Waals surface area contributed by atoms with E-state index in [2.05, 4.69) is 15.6 Å². The zero-order valence-electron chi connectivity index (χ0n) is 19.3. The quantitative estimate of drug-likeness (QED) is 0.448. The van der Waals surface area contributed by atoms with E-state index in [1.54, 1.807) is 44.4 Å². The Hall–Kier alpha value is -4.34. The maximum Gasteiger partial charge on any atom is 0.338 e. The molecule has 2 N–H and O–H groups in total. The van der Waals surface area contributed by atoms with Gasteiger partial charge in [-0.05, 0) is 36.8 Å². The SMILES string of the molecule is CCOC(=O)C1=C(COC(=O)CCc2nc3ccccc3o2)NC(=O)N[C@H]1c1ccc(OC)cc1. The number of nitrogens with zero attached hydrogens (tertiary/aromatic N) is 1. The van der Waals surface area contributed by atoms with Crippen LogP contribution in [0.2, 0.25) is 0 Å².